The predicted octanol–water partition coefficient (Wildman–Crippen LogP) is 22.8. The van der Waals surface area contributed by atoms with Crippen LogP contribution >= 0.6 is 11.3 Å². The fourth-order valence-electron chi connectivity index (χ4n) is 11.7. The van der Waals surface area contributed by atoms with Crippen molar-refractivity contribution in [2.45, 2.75) is 20.8 Å². The van der Waals surface area contributed by atoms with Crippen LogP contribution in [0.5, 0.6) is 0 Å². The fourth-order valence-corrected chi connectivity index (χ4v) is 12.7. The fraction of sp³-hybridized carbons (Fsp3) is 0.0562. The zero-order valence-electron chi connectivity index (χ0n) is 55.9. The van der Waals surface area contributed by atoms with Gasteiger partial charge in [0.15, 0.2) is 0 Å². The van der Waals surface area contributed by atoms with Crippen molar-refractivity contribution in [1.29, 1.82) is 0 Å². The number of oxazole rings is 1. The first-order valence-electron chi connectivity index (χ1n) is 32.2. The third-order valence-corrected chi connectivity index (χ3v) is 17.9. The number of aryl methyl sites for hydroxylation is 3. The Morgan fingerprint density at radius 3 is 1.09 bits per heavy atom. The summed E-state index contributed by atoms with van der Waals surface area (Å²) in [6, 6.07) is 121. The molecule has 0 aliphatic heterocycles. The van der Waals surface area contributed by atoms with Crippen LogP contribution in [0.25, 0.3) is 134 Å². The van der Waals surface area contributed by atoms with E-state index >= 15 is 0 Å². The molecule has 0 saturated carbocycles. The van der Waals surface area contributed by atoms with Crippen molar-refractivity contribution in [3.8, 4) is 134 Å². The Morgan fingerprint density at radius 1 is 0.307 bits per heavy atom. The molecule has 0 unspecified atom stereocenters. The zero-order valence-corrected chi connectivity index (χ0v) is 65.8. The van der Waals surface area contributed by atoms with E-state index in [4.69, 9.17) is 14.4 Å². The van der Waals surface area contributed by atoms with Gasteiger partial charge in [0.05, 0.1) is 34.4 Å². The summed E-state index contributed by atoms with van der Waals surface area (Å²) in [6.45, 7) is 6.10. The zero-order chi connectivity index (χ0) is 66.3. The molecule has 16 rings (SSSR count). The quantitative estimate of drug-likeness (QED) is 0.114. The maximum Gasteiger partial charge on any atom is 2.00 e. The molecular weight excluding hydrogens is 1980 g/mol. The number of nitrogens with zero attached hydrogens (tertiary/aromatic N) is 6. The molecular formula is C89H68N6OPt4S+4. The summed E-state index contributed by atoms with van der Waals surface area (Å²) in [4.78, 5) is 19.8. The number of rotatable bonds is 12. The minimum atomic E-state index is 0. The number of imidazole rings is 2. The van der Waals surface area contributed by atoms with Crippen molar-refractivity contribution in [2.75, 3.05) is 0 Å². The standard InChI is InChI=1S/C23H19N2.C22H17N2.C22H16NO.C22H16NS.4Pt/c1-17-22(25(2)23(24-17)21-11-7-4-8-12-21)20-15-13-19(14-16-20)18-9-5-3-6-10-18;1-24-21(16-23-22(24)20-10-6-3-7-11-20)19-14-12-18(13-15-19)17-8-4-2-5-9-17;2*1-16-21(24-22(23-16)20-10-6-3-7-11-20)19-14-12-18(13-15-19)17-8-4-2-5-9-17;;;;/h3-11,13-16H,1-2H3;2-10,12-16H,1H3;2*2-10,12-15H,1H3;;;;/q4*-1;4*+2. The van der Waals surface area contributed by atoms with Crippen LogP contribution in [0.3, 0.4) is 0 Å². The van der Waals surface area contributed by atoms with Crippen LogP contribution in [0.1, 0.15) is 17.1 Å². The molecule has 0 aliphatic carbocycles. The Labute approximate surface area is 654 Å². The summed E-state index contributed by atoms with van der Waals surface area (Å²) in [5, 5.41) is 1.02. The second-order valence-electron chi connectivity index (χ2n) is 23.2. The van der Waals surface area contributed by atoms with E-state index in [1.807, 2.05) is 148 Å². The van der Waals surface area contributed by atoms with Crippen LogP contribution in [0.15, 0.2) is 326 Å². The SMILES string of the molecule is Cc1nc(-c2[c-]cccc2)n(C)c1-c1ccc(-c2ccccc2)cc1.Cc1nc(-c2[c-]cccc2)oc1-c1ccc(-c2ccccc2)cc1.Cc1nc(-c2[c-]cccc2)sc1-c1ccc(-c2ccccc2)cc1.Cn1c(-c2ccc(-c3ccccc3)cc2)cnc1-c1[c-]cccc1.[Pt+2].[Pt+2].[Pt+2].[Pt+2]. The molecule has 0 saturated heterocycles. The van der Waals surface area contributed by atoms with E-state index in [1.54, 1.807) is 11.3 Å². The molecule has 7 nitrogen and oxygen atoms in total. The van der Waals surface area contributed by atoms with Gasteiger partial charge in [-0.15, -0.1) is 138 Å². The Kier molecular flexibility index (Phi) is 27.7. The van der Waals surface area contributed by atoms with E-state index in [0.717, 1.165) is 84.3 Å². The molecule has 0 bridgehead atoms. The van der Waals surface area contributed by atoms with Crippen LogP contribution in [0.2, 0.25) is 0 Å². The van der Waals surface area contributed by atoms with Crippen molar-refractivity contribution in [3.63, 3.8) is 0 Å². The van der Waals surface area contributed by atoms with Gasteiger partial charge in [0.1, 0.15) is 11.7 Å². The maximum absolute atomic E-state index is 5.99. The molecule has 0 atom stereocenters. The summed E-state index contributed by atoms with van der Waals surface area (Å²) in [5.74, 6) is 3.29. The van der Waals surface area contributed by atoms with Gasteiger partial charge in [-0.05, 0) is 82.0 Å². The molecule has 0 amide bonds. The van der Waals surface area contributed by atoms with Crippen LogP contribution in [0, 0.1) is 45.0 Å². The van der Waals surface area contributed by atoms with E-state index in [2.05, 4.69) is 252 Å². The summed E-state index contributed by atoms with van der Waals surface area (Å²) >= 11 is 1.73. The van der Waals surface area contributed by atoms with Gasteiger partial charge in [-0.1, -0.05) is 224 Å². The van der Waals surface area contributed by atoms with Crippen molar-refractivity contribution >= 4 is 11.3 Å². The monoisotopic (exact) mass is 2050 g/mol. The summed E-state index contributed by atoms with van der Waals surface area (Å²) < 4.78 is 10.3. The van der Waals surface area contributed by atoms with Crippen molar-refractivity contribution in [3.05, 3.63) is 363 Å². The molecule has 0 N–H and O–H groups in total. The number of hydrogen-bond acceptors (Lipinski definition) is 6. The number of aromatic nitrogens is 6. The smallest absolute Gasteiger partial charge is 0.481 e. The Balaban J connectivity index is 0.000000155. The molecule has 0 radical (unpaired) electrons. The molecule has 101 heavy (non-hydrogen) atoms. The van der Waals surface area contributed by atoms with Gasteiger partial charge in [-0.3, -0.25) is 19.9 Å². The van der Waals surface area contributed by atoms with Gasteiger partial charge in [-0.25, -0.2) is 0 Å². The second-order valence-corrected chi connectivity index (χ2v) is 24.2. The van der Waals surface area contributed by atoms with E-state index in [0.29, 0.717) is 5.89 Å². The van der Waals surface area contributed by atoms with Gasteiger partial charge in [0.25, 0.3) is 0 Å². The molecule has 4 heterocycles. The molecule has 0 spiro atoms. The van der Waals surface area contributed by atoms with E-state index in [1.165, 1.54) is 60.5 Å². The molecule has 502 valence electrons. The molecule has 12 heteroatoms. The average molecular weight is 2050 g/mol. The van der Waals surface area contributed by atoms with Crippen LogP contribution in [-0.4, -0.2) is 29.1 Å². The van der Waals surface area contributed by atoms with Crippen molar-refractivity contribution in [2.24, 2.45) is 14.1 Å². The van der Waals surface area contributed by atoms with Gasteiger partial charge in [0, 0.05) is 41.4 Å². The third-order valence-electron chi connectivity index (χ3n) is 16.7. The van der Waals surface area contributed by atoms with Gasteiger partial charge >= 0.3 is 84.3 Å². The minimum Gasteiger partial charge on any atom is -0.481 e. The van der Waals surface area contributed by atoms with Crippen LogP contribution in [0.4, 0.5) is 0 Å². The van der Waals surface area contributed by atoms with Gasteiger partial charge in [-0.2, -0.15) is 11.3 Å². The first-order valence-corrected chi connectivity index (χ1v) is 33.0. The van der Waals surface area contributed by atoms with Crippen molar-refractivity contribution in [1.82, 2.24) is 29.1 Å². The topological polar surface area (TPSA) is 74.6 Å². The number of benzene rings is 12. The first kappa shape index (κ1) is 75.8. The van der Waals surface area contributed by atoms with Crippen molar-refractivity contribution < 1.29 is 88.7 Å². The summed E-state index contributed by atoms with van der Waals surface area (Å²) in [5.41, 5.74) is 23.5. The molecule has 16 aromatic rings. The second kappa shape index (κ2) is 36.8. The average Bonchev–Trinajstić information content (AvgIpc) is 1.69. The summed E-state index contributed by atoms with van der Waals surface area (Å²) in [6.07, 6.45) is 1.92. The summed E-state index contributed by atoms with van der Waals surface area (Å²) in [7, 11) is 4.11. The molecule has 12 aromatic carbocycles. The number of thiazole rings is 1. The van der Waals surface area contributed by atoms with Gasteiger partial charge in [0.2, 0.25) is 0 Å². The van der Waals surface area contributed by atoms with Gasteiger partial charge < -0.3 is 13.6 Å². The molecule has 0 aliphatic rings. The normalized spacial score (nSPS) is 10.3. The maximum atomic E-state index is 5.99. The molecule has 0 fully saturated rings. The molecule has 4 aromatic heterocycles. The first-order chi connectivity index (χ1) is 47.7. The Hall–Kier alpha value is -9.35. The largest absolute Gasteiger partial charge is 2.00 e. The minimum absolute atomic E-state index is 0. The number of hydrogen-bond donors (Lipinski definition) is 0. The van der Waals surface area contributed by atoms with Crippen LogP contribution < -0.4 is 0 Å². The van der Waals surface area contributed by atoms with E-state index < -0.39 is 0 Å². The predicted molar refractivity (Wildman–Crippen MR) is 400 cm³/mol. The Morgan fingerprint density at radius 2 is 0.663 bits per heavy atom. The third kappa shape index (κ3) is 18.6. The van der Waals surface area contributed by atoms with Crippen LogP contribution in [-0.2, 0) is 98.4 Å². The van der Waals surface area contributed by atoms with E-state index in [-0.39, 0.29) is 84.3 Å². The Bertz CT molecular complexity index is 4860. The van der Waals surface area contributed by atoms with E-state index in [9.17, 15) is 0 Å².